The Morgan fingerprint density at radius 2 is 2.00 bits per heavy atom. The number of anilines is 2. The molecule has 0 fully saturated rings. The van der Waals surface area contributed by atoms with Crippen LogP contribution in [0, 0.1) is 6.92 Å². The number of aromatic nitrogens is 1. The van der Waals surface area contributed by atoms with Gasteiger partial charge >= 0.3 is 6.03 Å². The van der Waals surface area contributed by atoms with E-state index in [1.807, 2.05) is 30.9 Å². The number of sulfonamides is 1. The summed E-state index contributed by atoms with van der Waals surface area (Å²) >= 11 is 2.60. The molecule has 2 heterocycles. The molecule has 11 heteroatoms. The van der Waals surface area contributed by atoms with Crippen molar-refractivity contribution in [2.75, 3.05) is 37.2 Å². The first-order valence-corrected chi connectivity index (χ1v) is 12.5. The van der Waals surface area contributed by atoms with E-state index in [0.29, 0.717) is 25.4 Å². The van der Waals surface area contributed by atoms with Gasteiger partial charge in [0.05, 0.1) is 6.61 Å². The van der Waals surface area contributed by atoms with Crippen LogP contribution in [0.15, 0.2) is 39.5 Å². The fourth-order valence-corrected chi connectivity index (χ4v) is 5.33. The number of hydrogen-bond acceptors (Lipinski definition) is 8. The molecular formula is C19H26N4O4S3. The SMILES string of the molecule is C=C(C)CNc1cc(SC)cc(NC(=O)NS(=O)(=O)c2cc(C)c(CCOC)s2)n1. The summed E-state index contributed by atoms with van der Waals surface area (Å²) in [5.74, 6) is 0.793. The highest BCUT2D eigenvalue weighted by Gasteiger charge is 2.22. The summed E-state index contributed by atoms with van der Waals surface area (Å²) in [4.78, 5) is 18.4. The monoisotopic (exact) mass is 470 g/mol. The average molecular weight is 471 g/mol. The third-order valence-corrected chi connectivity index (χ3v) is 7.68. The van der Waals surface area contributed by atoms with Crippen molar-refractivity contribution in [1.29, 1.82) is 0 Å². The van der Waals surface area contributed by atoms with Crippen molar-refractivity contribution in [3.05, 3.63) is 40.8 Å². The molecule has 0 atom stereocenters. The van der Waals surface area contributed by atoms with Crippen LogP contribution in [0.2, 0.25) is 0 Å². The number of methoxy groups -OCH3 is 1. The van der Waals surface area contributed by atoms with Crippen LogP contribution in [0.25, 0.3) is 0 Å². The van der Waals surface area contributed by atoms with Gasteiger partial charge in [-0.25, -0.2) is 22.9 Å². The van der Waals surface area contributed by atoms with Crippen LogP contribution in [0.1, 0.15) is 17.4 Å². The van der Waals surface area contributed by atoms with Crippen molar-refractivity contribution < 1.29 is 17.9 Å². The highest BCUT2D eigenvalue weighted by atomic mass is 32.2. The van der Waals surface area contributed by atoms with Gasteiger partial charge in [0.1, 0.15) is 15.8 Å². The highest BCUT2D eigenvalue weighted by molar-refractivity contribution is 7.98. The molecule has 0 saturated carbocycles. The molecule has 8 nitrogen and oxygen atoms in total. The Morgan fingerprint density at radius 1 is 1.30 bits per heavy atom. The number of nitrogens with zero attached hydrogens (tertiary/aromatic N) is 1. The molecule has 0 unspecified atom stereocenters. The van der Waals surface area contributed by atoms with Crippen LogP contribution in [0.5, 0.6) is 0 Å². The van der Waals surface area contributed by atoms with E-state index < -0.39 is 16.1 Å². The van der Waals surface area contributed by atoms with Gasteiger partial charge in [-0.1, -0.05) is 12.2 Å². The zero-order chi connectivity index (χ0) is 22.3. The predicted molar refractivity (Wildman–Crippen MR) is 123 cm³/mol. The van der Waals surface area contributed by atoms with Gasteiger partial charge in [-0.15, -0.1) is 23.1 Å². The normalized spacial score (nSPS) is 11.2. The number of amides is 2. The standard InChI is InChI=1S/C19H26N4O4S3/c1-12(2)11-20-16-9-14(28-5)10-17(21-16)22-19(24)23-30(25,26)18-8-13(3)15(29-18)6-7-27-4/h8-10H,1,6-7,11H2,2-5H3,(H3,20,21,22,23,24). The number of thioether (sulfide) groups is 1. The molecule has 164 valence electrons. The van der Waals surface area contributed by atoms with Crippen molar-refractivity contribution in [2.24, 2.45) is 0 Å². The summed E-state index contributed by atoms with van der Waals surface area (Å²) in [6.45, 7) is 8.57. The van der Waals surface area contributed by atoms with Gasteiger partial charge in [0.15, 0.2) is 0 Å². The molecule has 0 aliphatic carbocycles. The minimum atomic E-state index is -4.00. The lowest BCUT2D eigenvalue weighted by Crippen LogP contribution is -2.34. The molecule has 0 aliphatic heterocycles. The molecule has 0 bridgehead atoms. The van der Waals surface area contributed by atoms with E-state index >= 15 is 0 Å². The summed E-state index contributed by atoms with van der Waals surface area (Å²) in [5, 5.41) is 5.60. The van der Waals surface area contributed by atoms with E-state index in [1.165, 1.54) is 11.8 Å². The number of carbonyl (C=O) groups is 1. The largest absolute Gasteiger partial charge is 0.384 e. The number of urea groups is 1. The van der Waals surface area contributed by atoms with E-state index in [-0.39, 0.29) is 10.0 Å². The van der Waals surface area contributed by atoms with Crippen molar-refractivity contribution in [2.45, 2.75) is 29.4 Å². The van der Waals surface area contributed by atoms with Crippen molar-refractivity contribution in [3.63, 3.8) is 0 Å². The molecule has 0 radical (unpaired) electrons. The van der Waals surface area contributed by atoms with E-state index in [2.05, 4.69) is 22.2 Å². The number of pyridine rings is 1. The van der Waals surface area contributed by atoms with Crippen LogP contribution in [-0.2, 0) is 21.2 Å². The molecule has 0 saturated heterocycles. The van der Waals surface area contributed by atoms with E-state index in [0.717, 1.165) is 32.2 Å². The molecule has 2 amide bonds. The number of nitrogens with one attached hydrogen (secondary N) is 3. The summed E-state index contributed by atoms with van der Waals surface area (Å²) < 4.78 is 32.4. The first kappa shape index (κ1) is 24.2. The minimum absolute atomic E-state index is 0.0795. The van der Waals surface area contributed by atoms with Crippen LogP contribution in [0.4, 0.5) is 16.4 Å². The molecule has 0 aromatic carbocycles. The Kier molecular flexibility index (Phi) is 8.71. The van der Waals surface area contributed by atoms with Gasteiger partial charge in [0.2, 0.25) is 0 Å². The molecule has 2 rings (SSSR count). The van der Waals surface area contributed by atoms with Crippen LogP contribution in [-0.4, -0.2) is 46.0 Å². The second-order valence-electron chi connectivity index (χ2n) is 6.56. The van der Waals surface area contributed by atoms with Gasteiger partial charge < -0.3 is 10.1 Å². The quantitative estimate of drug-likeness (QED) is 0.357. The highest BCUT2D eigenvalue weighted by Crippen LogP contribution is 2.27. The maximum absolute atomic E-state index is 12.6. The molecule has 0 spiro atoms. The Balaban J connectivity index is 2.12. The summed E-state index contributed by atoms with van der Waals surface area (Å²) in [6, 6.07) is 4.18. The number of thiophene rings is 1. The van der Waals surface area contributed by atoms with Gasteiger partial charge in [-0.3, -0.25) is 5.32 Å². The fraction of sp³-hybridized carbons (Fsp3) is 0.368. The Bertz CT molecular complexity index is 1020. The smallest absolute Gasteiger partial charge is 0.334 e. The van der Waals surface area contributed by atoms with Crippen LogP contribution < -0.4 is 15.4 Å². The van der Waals surface area contributed by atoms with Gasteiger partial charge in [-0.2, -0.15) is 0 Å². The number of carbonyl (C=O) groups excluding carboxylic acids is 1. The van der Waals surface area contributed by atoms with E-state index in [4.69, 9.17) is 4.74 Å². The number of hydrogen-bond donors (Lipinski definition) is 3. The molecule has 2 aromatic heterocycles. The summed E-state index contributed by atoms with van der Waals surface area (Å²) in [6.07, 6.45) is 2.51. The number of aryl methyl sites for hydroxylation is 1. The van der Waals surface area contributed by atoms with Crippen molar-refractivity contribution in [1.82, 2.24) is 9.71 Å². The minimum Gasteiger partial charge on any atom is -0.384 e. The topological polar surface area (TPSA) is 109 Å². The van der Waals surface area contributed by atoms with Crippen molar-refractivity contribution >= 4 is 50.8 Å². The maximum Gasteiger partial charge on any atom is 0.334 e. The molecule has 3 N–H and O–H groups in total. The van der Waals surface area contributed by atoms with Gasteiger partial charge in [-0.05, 0) is 43.9 Å². The number of ether oxygens (including phenoxy) is 1. The maximum atomic E-state index is 12.6. The average Bonchev–Trinajstić information content (AvgIpc) is 3.05. The molecule has 0 aliphatic rings. The molecular weight excluding hydrogens is 444 g/mol. The lowest BCUT2D eigenvalue weighted by molar-refractivity contribution is 0.203. The zero-order valence-electron chi connectivity index (χ0n) is 17.4. The zero-order valence-corrected chi connectivity index (χ0v) is 19.8. The van der Waals surface area contributed by atoms with E-state index in [9.17, 15) is 13.2 Å². The van der Waals surface area contributed by atoms with Crippen LogP contribution >= 0.6 is 23.1 Å². The molecule has 30 heavy (non-hydrogen) atoms. The summed E-state index contributed by atoms with van der Waals surface area (Å²) in [5.41, 5.74) is 1.78. The summed E-state index contributed by atoms with van der Waals surface area (Å²) in [7, 11) is -2.41. The van der Waals surface area contributed by atoms with Crippen molar-refractivity contribution in [3.8, 4) is 0 Å². The number of rotatable bonds is 10. The Morgan fingerprint density at radius 3 is 2.63 bits per heavy atom. The first-order chi connectivity index (χ1) is 14.1. The van der Waals surface area contributed by atoms with Gasteiger partial charge in [0, 0.05) is 29.8 Å². The Labute approximate surface area is 185 Å². The first-order valence-electron chi connectivity index (χ1n) is 9.01. The van der Waals surface area contributed by atoms with Gasteiger partial charge in [0.25, 0.3) is 10.0 Å². The second kappa shape index (κ2) is 10.8. The van der Waals surface area contributed by atoms with Crippen LogP contribution in [0.3, 0.4) is 0 Å². The lowest BCUT2D eigenvalue weighted by Gasteiger charge is -2.11. The molecule has 2 aromatic rings. The lowest BCUT2D eigenvalue weighted by atomic mass is 10.2. The second-order valence-corrected chi connectivity index (χ2v) is 10.5. The predicted octanol–water partition coefficient (Wildman–Crippen LogP) is 3.86. The third kappa shape index (κ3) is 7.01. The Hall–Kier alpha value is -2.08. The van der Waals surface area contributed by atoms with E-state index in [1.54, 1.807) is 19.2 Å². The fourth-order valence-electron chi connectivity index (χ4n) is 2.40. The third-order valence-electron chi connectivity index (χ3n) is 3.87.